The number of allylic oxidation sites excluding steroid dienone is 3. The van der Waals surface area contributed by atoms with Crippen LogP contribution in [0.5, 0.6) is 0 Å². The van der Waals surface area contributed by atoms with E-state index in [-0.39, 0.29) is 25.8 Å². The predicted molar refractivity (Wildman–Crippen MR) is 208 cm³/mol. The summed E-state index contributed by atoms with van der Waals surface area (Å²) in [5, 5.41) is 0. The summed E-state index contributed by atoms with van der Waals surface area (Å²) in [5.41, 5.74) is 0. The van der Waals surface area contributed by atoms with Crippen molar-refractivity contribution in [3.05, 3.63) is 24.5 Å². The SMILES string of the molecule is CCCCCC/C=C\CCCCCCCC/C=C\OC(COC(=O)CCCCCCCCCCCCCC)COP(=O)([O-])OCC[N+](C)(C)C. The summed E-state index contributed by atoms with van der Waals surface area (Å²) in [4.78, 5) is 24.7. The smallest absolute Gasteiger partial charge is 0.305 e. The maximum Gasteiger partial charge on any atom is 0.305 e. The van der Waals surface area contributed by atoms with Crippen LogP contribution < -0.4 is 4.89 Å². The molecule has 0 aromatic carbocycles. The number of likely N-dealkylation sites (N-methyl/N-ethyl adjacent to an activating group) is 1. The van der Waals surface area contributed by atoms with Crippen molar-refractivity contribution < 1.29 is 37.3 Å². The predicted octanol–water partition coefficient (Wildman–Crippen LogP) is 11.4. The van der Waals surface area contributed by atoms with Gasteiger partial charge in [-0.1, -0.05) is 142 Å². The Kier molecular flexibility index (Phi) is 34.1. The van der Waals surface area contributed by atoms with E-state index in [2.05, 4.69) is 26.0 Å². The molecule has 50 heavy (non-hydrogen) atoms. The third-order valence-corrected chi connectivity index (χ3v) is 9.81. The van der Waals surface area contributed by atoms with Gasteiger partial charge in [-0.3, -0.25) is 9.36 Å². The molecule has 0 bridgehead atoms. The fourth-order valence-electron chi connectivity index (χ4n) is 5.52. The Labute approximate surface area is 309 Å². The van der Waals surface area contributed by atoms with Crippen LogP contribution >= 0.6 is 7.82 Å². The number of quaternary nitrogens is 1. The minimum atomic E-state index is -4.51. The summed E-state index contributed by atoms with van der Waals surface area (Å²) in [6.07, 6.45) is 38.5. The Morgan fingerprint density at radius 2 is 1.06 bits per heavy atom. The van der Waals surface area contributed by atoms with Gasteiger partial charge < -0.3 is 27.9 Å². The van der Waals surface area contributed by atoms with Crippen molar-refractivity contribution in [3.8, 4) is 0 Å². The topological polar surface area (TPSA) is 94.1 Å². The van der Waals surface area contributed by atoms with Crippen LogP contribution in [0.1, 0.15) is 181 Å². The molecule has 2 unspecified atom stereocenters. The van der Waals surface area contributed by atoms with E-state index in [4.69, 9.17) is 18.5 Å². The molecule has 0 amide bonds. The van der Waals surface area contributed by atoms with Crippen molar-refractivity contribution in [1.82, 2.24) is 0 Å². The first-order valence-corrected chi connectivity index (χ1v) is 22.1. The average Bonchev–Trinajstić information content (AvgIpc) is 3.06. The van der Waals surface area contributed by atoms with Gasteiger partial charge in [0.15, 0.2) is 6.10 Å². The molecule has 0 spiro atoms. The molecule has 8 nitrogen and oxygen atoms in total. The first-order chi connectivity index (χ1) is 24.1. The molecule has 296 valence electrons. The monoisotopic (exact) mass is 730 g/mol. The van der Waals surface area contributed by atoms with E-state index in [0.29, 0.717) is 17.4 Å². The number of hydrogen-bond acceptors (Lipinski definition) is 7. The highest BCUT2D eigenvalue weighted by atomic mass is 31.2. The van der Waals surface area contributed by atoms with Crippen LogP contribution in [-0.2, 0) is 27.9 Å². The van der Waals surface area contributed by atoms with Crippen molar-refractivity contribution in [2.24, 2.45) is 0 Å². The molecule has 0 aliphatic carbocycles. The van der Waals surface area contributed by atoms with Gasteiger partial charge in [-0.15, -0.1) is 0 Å². The summed E-state index contributed by atoms with van der Waals surface area (Å²) in [6.45, 7) is 4.69. The fourth-order valence-corrected chi connectivity index (χ4v) is 6.25. The number of hydrogen-bond donors (Lipinski definition) is 0. The number of unbranched alkanes of at least 4 members (excludes halogenated alkanes) is 22. The number of phosphoric acid groups is 1. The molecule has 9 heteroatoms. The highest BCUT2D eigenvalue weighted by Crippen LogP contribution is 2.38. The molecule has 0 saturated heterocycles. The molecule has 0 N–H and O–H groups in total. The van der Waals surface area contributed by atoms with Crippen molar-refractivity contribution in [2.45, 2.75) is 187 Å². The highest BCUT2D eigenvalue weighted by molar-refractivity contribution is 7.45. The van der Waals surface area contributed by atoms with Gasteiger partial charge in [-0.05, 0) is 51.0 Å². The van der Waals surface area contributed by atoms with Crippen molar-refractivity contribution in [2.75, 3.05) is 47.5 Å². The summed E-state index contributed by atoms with van der Waals surface area (Å²) in [6, 6.07) is 0. The molecule has 0 aliphatic heterocycles. The number of carbonyl (C=O) groups excluding carboxylic acids is 1. The zero-order chi connectivity index (χ0) is 37.0. The summed E-state index contributed by atoms with van der Waals surface area (Å²) >= 11 is 0. The Balaban J connectivity index is 4.32. The summed E-state index contributed by atoms with van der Waals surface area (Å²) < 4.78 is 34.3. The number of rotatable bonds is 38. The Bertz CT molecular complexity index is 858. The van der Waals surface area contributed by atoms with Crippen LogP contribution in [0.4, 0.5) is 0 Å². The van der Waals surface area contributed by atoms with Crippen LogP contribution in [0.15, 0.2) is 24.5 Å². The molecule has 0 aromatic rings. The van der Waals surface area contributed by atoms with E-state index < -0.39 is 13.9 Å². The Hall–Kier alpha value is -1.18. The van der Waals surface area contributed by atoms with Crippen molar-refractivity contribution in [3.63, 3.8) is 0 Å². The van der Waals surface area contributed by atoms with Crippen LogP contribution in [0.2, 0.25) is 0 Å². The first kappa shape index (κ1) is 48.8. The zero-order valence-corrected chi connectivity index (χ0v) is 34.2. The molecule has 0 aromatic heterocycles. The van der Waals surface area contributed by atoms with E-state index in [1.807, 2.05) is 27.2 Å². The van der Waals surface area contributed by atoms with Gasteiger partial charge in [0.1, 0.15) is 19.8 Å². The van der Waals surface area contributed by atoms with Crippen LogP contribution in [0, 0.1) is 0 Å². The summed E-state index contributed by atoms with van der Waals surface area (Å²) in [7, 11) is 1.36. The Morgan fingerprint density at radius 1 is 0.620 bits per heavy atom. The van der Waals surface area contributed by atoms with Gasteiger partial charge in [-0.2, -0.15) is 0 Å². The minimum absolute atomic E-state index is 0.0278. The maximum absolute atomic E-state index is 12.4. The van der Waals surface area contributed by atoms with Crippen molar-refractivity contribution in [1.29, 1.82) is 0 Å². The lowest BCUT2D eigenvalue weighted by atomic mass is 10.0. The second-order valence-corrected chi connectivity index (χ2v) is 16.5. The molecule has 0 rings (SSSR count). The van der Waals surface area contributed by atoms with Gasteiger partial charge >= 0.3 is 5.97 Å². The number of ether oxygens (including phenoxy) is 2. The highest BCUT2D eigenvalue weighted by Gasteiger charge is 2.19. The van der Waals surface area contributed by atoms with Gasteiger partial charge in [0.05, 0.1) is 34.0 Å². The average molecular weight is 730 g/mol. The van der Waals surface area contributed by atoms with Crippen LogP contribution in [0.3, 0.4) is 0 Å². The van der Waals surface area contributed by atoms with Crippen molar-refractivity contribution >= 4 is 13.8 Å². The largest absolute Gasteiger partial charge is 0.756 e. The van der Waals surface area contributed by atoms with E-state index in [0.717, 1.165) is 32.1 Å². The number of phosphoric ester groups is 1. The summed E-state index contributed by atoms with van der Waals surface area (Å²) in [5.74, 6) is -0.294. The standard InChI is InChI=1S/C41H80NO7P/c1-6-8-10-12-14-16-18-20-21-22-23-25-27-29-31-33-36-46-40(39-49-50(44,45)48-37-35-42(3,4)5)38-47-41(43)34-32-30-28-26-24-19-17-15-13-11-9-7-2/h16,18,33,36,40H,6-15,17,19-32,34-35,37-39H2,1-5H3/b18-16-,36-33-. The first-order valence-electron chi connectivity index (χ1n) is 20.6. The molecule has 0 radical (unpaired) electrons. The minimum Gasteiger partial charge on any atom is -0.756 e. The molecule has 0 aliphatic rings. The third-order valence-electron chi connectivity index (χ3n) is 8.84. The lowest BCUT2D eigenvalue weighted by Gasteiger charge is -2.28. The van der Waals surface area contributed by atoms with E-state index in [1.54, 1.807) is 6.26 Å². The molecule has 0 heterocycles. The molecular formula is C41H80NO7P. The lowest BCUT2D eigenvalue weighted by molar-refractivity contribution is -0.870. The van der Waals surface area contributed by atoms with Gasteiger partial charge in [0.25, 0.3) is 7.82 Å². The van der Waals surface area contributed by atoms with E-state index in [1.165, 1.54) is 128 Å². The van der Waals surface area contributed by atoms with Gasteiger partial charge in [0.2, 0.25) is 0 Å². The van der Waals surface area contributed by atoms with Gasteiger partial charge in [-0.25, -0.2) is 0 Å². The molecular weight excluding hydrogens is 649 g/mol. The number of nitrogens with zero attached hydrogens (tertiary/aromatic N) is 1. The molecule has 0 fully saturated rings. The zero-order valence-electron chi connectivity index (χ0n) is 33.4. The molecule has 2 atom stereocenters. The molecule has 0 saturated carbocycles. The Morgan fingerprint density at radius 3 is 1.56 bits per heavy atom. The van der Waals surface area contributed by atoms with Crippen LogP contribution in [0.25, 0.3) is 0 Å². The third kappa shape index (κ3) is 38.1. The van der Waals surface area contributed by atoms with E-state index in [9.17, 15) is 14.3 Å². The van der Waals surface area contributed by atoms with Gasteiger partial charge in [0, 0.05) is 6.42 Å². The normalized spacial score (nSPS) is 14.0. The van der Waals surface area contributed by atoms with Crippen LogP contribution in [-0.4, -0.2) is 64.1 Å². The quantitative estimate of drug-likeness (QED) is 0.0156. The number of esters is 1. The number of carbonyl (C=O) groups is 1. The fraction of sp³-hybridized carbons (Fsp3) is 0.878. The lowest BCUT2D eigenvalue weighted by Crippen LogP contribution is -2.37. The second kappa shape index (κ2) is 34.9. The maximum atomic E-state index is 12.4. The van der Waals surface area contributed by atoms with E-state index >= 15 is 0 Å². The second-order valence-electron chi connectivity index (χ2n) is 15.1.